The van der Waals surface area contributed by atoms with E-state index in [1.165, 1.54) is 0 Å². The second kappa shape index (κ2) is 9.54. The summed E-state index contributed by atoms with van der Waals surface area (Å²) >= 11 is 0. The maximum absolute atomic E-state index is 5.89. The zero-order chi connectivity index (χ0) is 15.9. The van der Waals surface area contributed by atoms with E-state index in [1.807, 2.05) is 25.5 Å². The fourth-order valence-electron chi connectivity index (χ4n) is 2.14. The first-order chi connectivity index (χ1) is 10.5. The third-order valence-electron chi connectivity index (χ3n) is 3.42. The van der Waals surface area contributed by atoms with Crippen LogP contribution < -0.4 is 11.1 Å². The highest BCUT2D eigenvalue weighted by Crippen LogP contribution is 2.19. The van der Waals surface area contributed by atoms with Gasteiger partial charge in [-0.25, -0.2) is 4.99 Å². The standard InChI is InChI=1S/C17H25N5.HI/c1-13(2)7-8-19-17(18)20-10-14-5-4-6-15(9-14)16-11-21-22(3)12-16;/h4-6,9,11-13H,7-8,10H2,1-3H3,(H3,18,19,20);1H. The molecule has 2 rings (SSSR count). The third-order valence-corrected chi connectivity index (χ3v) is 3.42. The van der Waals surface area contributed by atoms with Gasteiger partial charge in [-0.15, -0.1) is 24.0 Å². The van der Waals surface area contributed by atoms with Gasteiger partial charge < -0.3 is 11.1 Å². The summed E-state index contributed by atoms with van der Waals surface area (Å²) in [5, 5.41) is 7.35. The molecule has 0 bridgehead atoms. The lowest BCUT2D eigenvalue weighted by Gasteiger charge is -2.07. The largest absolute Gasteiger partial charge is 0.370 e. The molecule has 0 unspecified atom stereocenters. The Labute approximate surface area is 155 Å². The molecule has 0 aliphatic heterocycles. The quantitative estimate of drug-likeness (QED) is 0.423. The van der Waals surface area contributed by atoms with E-state index in [1.54, 1.807) is 4.68 Å². The van der Waals surface area contributed by atoms with Gasteiger partial charge in [0, 0.05) is 25.4 Å². The van der Waals surface area contributed by atoms with Crippen LogP contribution in [-0.4, -0.2) is 22.3 Å². The molecule has 0 aliphatic carbocycles. The number of nitrogens with one attached hydrogen (secondary N) is 1. The fourth-order valence-corrected chi connectivity index (χ4v) is 2.14. The van der Waals surface area contributed by atoms with Gasteiger partial charge >= 0.3 is 0 Å². The Morgan fingerprint density at radius 3 is 2.78 bits per heavy atom. The van der Waals surface area contributed by atoms with Gasteiger partial charge in [0.1, 0.15) is 0 Å². The number of halogens is 1. The summed E-state index contributed by atoms with van der Waals surface area (Å²) in [5.41, 5.74) is 9.27. The Balaban J connectivity index is 0.00000264. The van der Waals surface area contributed by atoms with Crippen LogP contribution in [0, 0.1) is 5.92 Å². The Morgan fingerprint density at radius 2 is 2.13 bits per heavy atom. The van der Waals surface area contributed by atoms with Gasteiger partial charge in [-0.3, -0.25) is 4.68 Å². The predicted octanol–water partition coefficient (Wildman–Crippen LogP) is 3.16. The molecule has 0 amide bonds. The summed E-state index contributed by atoms with van der Waals surface area (Å²) < 4.78 is 1.80. The summed E-state index contributed by atoms with van der Waals surface area (Å²) in [6.07, 6.45) is 4.96. The minimum atomic E-state index is 0. The van der Waals surface area contributed by atoms with Crippen molar-refractivity contribution in [3.63, 3.8) is 0 Å². The minimum Gasteiger partial charge on any atom is -0.370 e. The number of aryl methyl sites for hydroxylation is 1. The maximum atomic E-state index is 5.89. The van der Waals surface area contributed by atoms with Crippen molar-refractivity contribution in [3.05, 3.63) is 42.2 Å². The lowest BCUT2D eigenvalue weighted by Crippen LogP contribution is -2.32. The third kappa shape index (κ3) is 6.60. The van der Waals surface area contributed by atoms with Crippen LogP contribution in [0.25, 0.3) is 11.1 Å². The van der Waals surface area contributed by atoms with Gasteiger partial charge in [0.05, 0.1) is 12.7 Å². The maximum Gasteiger partial charge on any atom is 0.188 e. The number of hydrogen-bond donors (Lipinski definition) is 2. The molecular formula is C17H26IN5. The van der Waals surface area contributed by atoms with Crippen molar-refractivity contribution < 1.29 is 0 Å². The number of benzene rings is 1. The van der Waals surface area contributed by atoms with Gasteiger partial charge in [0.25, 0.3) is 0 Å². The summed E-state index contributed by atoms with van der Waals surface area (Å²) in [6, 6.07) is 8.30. The summed E-state index contributed by atoms with van der Waals surface area (Å²) in [7, 11) is 1.92. The molecule has 6 heteroatoms. The molecular weight excluding hydrogens is 401 g/mol. The second-order valence-corrected chi connectivity index (χ2v) is 5.91. The number of hydrogen-bond acceptors (Lipinski definition) is 2. The molecule has 1 aromatic carbocycles. The van der Waals surface area contributed by atoms with Crippen LogP contribution in [0.1, 0.15) is 25.8 Å². The monoisotopic (exact) mass is 427 g/mol. The second-order valence-electron chi connectivity index (χ2n) is 5.91. The molecule has 1 aromatic heterocycles. The van der Waals surface area contributed by atoms with E-state index >= 15 is 0 Å². The lowest BCUT2D eigenvalue weighted by atomic mass is 10.1. The molecule has 5 nitrogen and oxygen atoms in total. The van der Waals surface area contributed by atoms with Crippen molar-refractivity contribution in [1.82, 2.24) is 15.1 Å². The van der Waals surface area contributed by atoms with Gasteiger partial charge in [0.15, 0.2) is 5.96 Å². The van der Waals surface area contributed by atoms with E-state index in [4.69, 9.17) is 5.73 Å². The lowest BCUT2D eigenvalue weighted by molar-refractivity contribution is 0.576. The molecule has 2 aromatic rings. The van der Waals surface area contributed by atoms with E-state index in [2.05, 4.69) is 47.5 Å². The normalized spacial score (nSPS) is 11.4. The molecule has 0 saturated heterocycles. The zero-order valence-electron chi connectivity index (χ0n) is 14.0. The topological polar surface area (TPSA) is 68.2 Å². The number of guanidine groups is 1. The molecule has 0 spiro atoms. The average molecular weight is 427 g/mol. The zero-order valence-corrected chi connectivity index (χ0v) is 16.3. The van der Waals surface area contributed by atoms with E-state index in [0.29, 0.717) is 18.4 Å². The molecule has 0 saturated carbocycles. The molecule has 0 atom stereocenters. The van der Waals surface area contributed by atoms with Gasteiger partial charge in [-0.2, -0.15) is 5.10 Å². The number of nitrogens with zero attached hydrogens (tertiary/aromatic N) is 3. The molecule has 23 heavy (non-hydrogen) atoms. The Bertz CT molecular complexity index is 633. The highest BCUT2D eigenvalue weighted by atomic mass is 127. The van der Waals surface area contributed by atoms with Crippen molar-refractivity contribution in [2.75, 3.05) is 6.54 Å². The molecule has 0 radical (unpaired) electrons. The smallest absolute Gasteiger partial charge is 0.188 e. The van der Waals surface area contributed by atoms with Crippen LogP contribution in [0.4, 0.5) is 0 Å². The van der Waals surface area contributed by atoms with Crippen LogP contribution in [0.15, 0.2) is 41.7 Å². The van der Waals surface area contributed by atoms with E-state index in [9.17, 15) is 0 Å². The Morgan fingerprint density at radius 1 is 1.35 bits per heavy atom. The molecule has 126 valence electrons. The molecule has 0 aliphatic rings. The SMILES string of the molecule is CC(C)CCNC(N)=NCc1cccc(-c2cnn(C)c2)c1.I. The van der Waals surface area contributed by atoms with Crippen molar-refractivity contribution in [1.29, 1.82) is 0 Å². The van der Waals surface area contributed by atoms with E-state index in [0.717, 1.165) is 29.7 Å². The number of rotatable bonds is 6. The first-order valence-corrected chi connectivity index (χ1v) is 7.66. The van der Waals surface area contributed by atoms with E-state index in [-0.39, 0.29) is 24.0 Å². The van der Waals surface area contributed by atoms with Crippen molar-refractivity contribution in [3.8, 4) is 11.1 Å². The molecule has 1 heterocycles. The minimum absolute atomic E-state index is 0. The van der Waals surface area contributed by atoms with Crippen molar-refractivity contribution >= 4 is 29.9 Å². The average Bonchev–Trinajstić information content (AvgIpc) is 2.92. The van der Waals surface area contributed by atoms with Crippen LogP contribution in [0.3, 0.4) is 0 Å². The van der Waals surface area contributed by atoms with Gasteiger partial charge in [0.2, 0.25) is 0 Å². The van der Waals surface area contributed by atoms with Crippen LogP contribution >= 0.6 is 24.0 Å². The van der Waals surface area contributed by atoms with Crippen LogP contribution in [-0.2, 0) is 13.6 Å². The number of aromatic nitrogens is 2. The number of nitrogens with two attached hydrogens (primary N) is 1. The molecule has 3 N–H and O–H groups in total. The van der Waals surface area contributed by atoms with Gasteiger partial charge in [-0.1, -0.05) is 32.0 Å². The van der Waals surface area contributed by atoms with E-state index < -0.39 is 0 Å². The Hall–Kier alpha value is -1.57. The first kappa shape index (κ1) is 19.5. The summed E-state index contributed by atoms with van der Waals surface area (Å²) in [6.45, 7) is 5.83. The summed E-state index contributed by atoms with van der Waals surface area (Å²) in [4.78, 5) is 4.39. The van der Waals surface area contributed by atoms with Gasteiger partial charge in [-0.05, 0) is 29.5 Å². The van der Waals surface area contributed by atoms with Crippen LogP contribution in [0.2, 0.25) is 0 Å². The van der Waals surface area contributed by atoms with Crippen molar-refractivity contribution in [2.24, 2.45) is 23.7 Å². The highest BCUT2D eigenvalue weighted by molar-refractivity contribution is 14.0. The highest BCUT2D eigenvalue weighted by Gasteiger charge is 2.02. The van der Waals surface area contributed by atoms with Crippen LogP contribution in [0.5, 0.6) is 0 Å². The number of aliphatic imine (C=N–C) groups is 1. The fraction of sp³-hybridized carbons (Fsp3) is 0.412. The first-order valence-electron chi connectivity index (χ1n) is 7.66. The predicted molar refractivity (Wildman–Crippen MR) is 107 cm³/mol. The summed E-state index contributed by atoms with van der Waals surface area (Å²) in [5.74, 6) is 1.17. The molecule has 0 fully saturated rings. The van der Waals surface area contributed by atoms with Crippen molar-refractivity contribution in [2.45, 2.75) is 26.8 Å². The Kier molecular flexibility index (Phi) is 8.08.